The fourth-order valence-corrected chi connectivity index (χ4v) is 2.70. The van der Waals surface area contributed by atoms with Crippen LogP contribution in [0.1, 0.15) is 11.4 Å². The van der Waals surface area contributed by atoms with E-state index in [-0.39, 0.29) is 12.2 Å². The van der Waals surface area contributed by atoms with Crippen LogP contribution in [0.4, 0.5) is 0 Å². The van der Waals surface area contributed by atoms with Crippen LogP contribution < -0.4 is 15.0 Å². The molecule has 0 aliphatic rings. The Labute approximate surface area is 145 Å². The van der Waals surface area contributed by atoms with Crippen molar-refractivity contribution in [3.8, 4) is 11.5 Å². The van der Waals surface area contributed by atoms with Gasteiger partial charge >= 0.3 is 0 Å². The molecule has 0 saturated heterocycles. The summed E-state index contributed by atoms with van der Waals surface area (Å²) in [5, 5.41) is 14.5. The molecule has 3 rings (SSSR count). The van der Waals surface area contributed by atoms with Gasteiger partial charge < -0.3 is 19.1 Å². The number of hydrogen-bond donors (Lipinski definition) is 1. The molecular weight excluding hydrogens is 322 g/mol. The van der Waals surface area contributed by atoms with Crippen LogP contribution >= 0.6 is 0 Å². The van der Waals surface area contributed by atoms with Crippen LogP contribution in [-0.4, -0.2) is 39.1 Å². The largest absolute Gasteiger partial charge is 0.497 e. The fourth-order valence-electron chi connectivity index (χ4n) is 2.70. The minimum absolute atomic E-state index is 0.136. The van der Waals surface area contributed by atoms with Crippen molar-refractivity contribution in [1.82, 2.24) is 14.2 Å². The summed E-state index contributed by atoms with van der Waals surface area (Å²) in [5.41, 5.74) is 1.99. The average Bonchev–Trinajstić information content (AvgIpc) is 2.99. The second-order valence-electron chi connectivity index (χ2n) is 5.93. The monoisotopic (exact) mass is 343 g/mol. The first-order valence-electron chi connectivity index (χ1n) is 7.99. The minimum atomic E-state index is -0.734. The maximum Gasteiger partial charge on any atom is 0.274 e. The van der Waals surface area contributed by atoms with Gasteiger partial charge in [0.05, 0.1) is 19.3 Å². The van der Waals surface area contributed by atoms with Gasteiger partial charge in [-0.25, -0.2) is 0 Å². The van der Waals surface area contributed by atoms with E-state index in [2.05, 4.69) is 5.10 Å². The standard InChI is InChI=1S/C18H21N3O4/c1-12-8-17-20(13(2)9-18(23)21(17)19-12)10-14(22)11-25-16-6-4-15(24-3)5-7-16/h4-9,14,22H,10-11H2,1-3H3/t14-/m0/s1. The molecule has 7 heteroatoms. The zero-order valence-corrected chi connectivity index (χ0v) is 14.5. The lowest BCUT2D eigenvalue weighted by molar-refractivity contribution is 0.0926. The maximum atomic E-state index is 12.0. The number of nitrogens with zero attached hydrogens (tertiary/aromatic N) is 3. The third-order valence-electron chi connectivity index (χ3n) is 3.95. The highest BCUT2D eigenvalue weighted by Crippen LogP contribution is 2.17. The lowest BCUT2D eigenvalue weighted by atomic mass is 10.3. The predicted molar refractivity (Wildman–Crippen MR) is 93.4 cm³/mol. The van der Waals surface area contributed by atoms with E-state index >= 15 is 0 Å². The molecule has 3 aromatic rings. The van der Waals surface area contributed by atoms with Gasteiger partial charge in [-0.15, -0.1) is 0 Å². The summed E-state index contributed by atoms with van der Waals surface area (Å²) in [5.74, 6) is 1.40. The van der Waals surface area contributed by atoms with E-state index in [0.717, 1.165) is 17.1 Å². The lowest BCUT2D eigenvalue weighted by Gasteiger charge is -2.17. The number of aliphatic hydroxyl groups is 1. The van der Waals surface area contributed by atoms with Crippen LogP contribution in [0, 0.1) is 13.8 Å². The summed E-state index contributed by atoms with van der Waals surface area (Å²) in [6, 6.07) is 10.5. The Kier molecular flexibility index (Phi) is 4.76. The van der Waals surface area contributed by atoms with Crippen molar-refractivity contribution < 1.29 is 14.6 Å². The molecule has 0 bridgehead atoms. The third-order valence-corrected chi connectivity index (χ3v) is 3.95. The summed E-state index contributed by atoms with van der Waals surface area (Å²) in [6.07, 6.45) is -0.734. The molecule has 1 aromatic carbocycles. The number of fused-ring (bicyclic) bond motifs is 1. The molecule has 7 nitrogen and oxygen atoms in total. The van der Waals surface area contributed by atoms with E-state index in [4.69, 9.17) is 9.47 Å². The summed E-state index contributed by atoms with van der Waals surface area (Å²) < 4.78 is 13.9. The Hall–Kier alpha value is -2.80. The van der Waals surface area contributed by atoms with Gasteiger partial charge in [-0.05, 0) is 38.1 Å². The zero-order valence-electron chi connectivity index (χ0n) is 14.5. The summed E-state index contributed by atoms with van der Waals surface area (Å²) in [6.45, 7) is 4.10. The van der Waals surface area contributed by atoms with Crippen LogP contribution in [0.2, 0.25) is 0 Å². The molecule has 0 aliphatic carbocycles. The van der Waals surface area contributed by atoms with Gasteiger partial charge in [0, 0.05) is 17.8 Å². The van der Waals surface area contributed by atoms with Crippen molar-refractivity contribution in [3.63, 3.8) is 0 Å². The van der Waals surface area contributed by atoms with E-state index in [1.165, 1.54) is 10.6 Å². The van der Waals surface area contributed by atoms with Crippen LogP contribution in [0.3, 0.4) is 0 Å². The summed E-state index contributed by atoms with van der Waals surface area (Å²) >= 11 is 0. The lowest BCUT2D eigenvalue weighted by Crippen LogP contribution is -2.27. The van der Waals surface area contributed by atoms with Gasteiger partial charge in [-0.2, -0.15) is 9.61 Å². The molecule has 2 aromatic heterocycles. The van der Waals surface area contributed by atoms with Crippen LogP contribution in [0.5, 0.6) is 11.5 Å². The quantitative estimate of drug-likeness (QED) is 0.735. The highest BCUT2D eigenvalue weighted by Gasteiger charge is 2.13. The molecule has 0 amide bonds. The molecule has 25 heavy (non-hydrogen) atoms. The number of aromatic nitrogens is 3. The number of aryl methyl sites for hydroxylation is 2. The number of aliphatic hydroxyl groups excluding tert-OH is 1. The van der Waals surface area contributed by atoms with Crippen LogP contribution in [0.25, 0.3) is 5.65 Å². The van der Waals surface area contributed by atoms with Crippen molar-refractivity contribution in [1.29, 1.82) is 0 Å². The Morgan fingerprint density at radius 3 is 2.52 bits per heavy atom. The van der Waals surface area contributed by atoms with Gasteiger partial charge in [-0.1, -0.05) is 0 Å². The molecule has 0 radical (unpaired) electrons. The van der Waals surface area contributed by atoms with Crippen molar-refractivity contribution in [2.24, 2.45) is 0 Å². The molecule has 0 saturated carbocycles. The molecular formula is C18H21N3O4. The van der Waals surface area contributed by atoms with Gasteiger partial charge in [0.1, 0.15) is 29.9 Å². The first-order valence-corrected chi connectivity index (χ1v) is 7.99. The number of benzene rings is 1. The normalized spacial score (nSPS) is 12.3. The first kappa shape index (κ1) is 17.0. The number of hydrogen-bond acceptors (Lipinski definition) is 5. The maximum absolute atomic E-state index is 12.0. The molecule has 1 N–H and O–H groups in total. The fraction of sp³-hybridized carbons (Fsp3) is 0.333. The molecule has 0 aliphatic heterocycles. The van der Waals surface area contributed by atoms with E-state index in [1.807, 2.05) is 24.5 Å². The van der Waals surface area contributed by atoms with Gasteiger partial charge in [0.2, 0.25) is 0 Å². The van der Waals surface area contributed by atoms with E-state index in [9.17, 15) is 9.90 Å². The smallest absolute Gasteiger partial charge is 0.274 e. The highest BCUT2D eigenvalue weighted by molar-refractivity contribution is 5.41. The number of rotatable bonds is 6. The van der Waals surface area contributed by atoms with Gasteiger partial charge in [-0.3, -0.25) is 4.79 Å². The topological polar surface area (TPSA) is 78.0 Å². The Morgan fingerprint density at radius 1 is 1.16 bits per heavy atom. The Balaban J connectivity index is 1.73. The van der Waals surface area contributed by atoms with Crippen molar-refractivity contribution in [2.45, 2.75) is 26.5 Å². The summed E-state index contributed by atoms with van der Waals surface area (Å²) in [7, 11) is 1.60. The predicted octanol–water partition coefficient (Wildman–Crippen LogP) is 1.56. The summed E-state index contributed by atoms with van der Waals surface area (Å²) in [4.78, 5) is 12.0. The van der Waals surface area contributed by atoms with E-state index in [1.54, 1.807) is 31.4 Å². The molecule has 132 valence electrons. The average molecular weight is 343 g/mol. The number of ether oxygens (including phenoxy) is 2. The molecule has 0 spiro atoms. The molecule has 1 atom stereocenters. The molecule has 0 unspecified atom stereocenters. The Morgan fingerprint density at radius 2 is 1.84 bits per heavy atom. The Bertz CT molecular complexity index is 928. The number of methoxy groups -OCH3 is 1. The van der Waals surface area contributed by atoms with Gasteiger partial charge in [0.15, 0.2) is 0 Å². The second kappa shape index (κ2) is 6.98. The highest BCUT2D eigenvalue weighted by atomic mass is 16.5. The zero-order chi connectivity index (χ0) is 18.0. The van der Waals surface area contributed by atoms with Gasteiger partial charge in [0.25, 0.3) is 5.56 Å². The SMILES string of the molecule is COc1ccc(OC[C@@H](O)Cn2c(C)cc(=O)n3nc(C)cc23)cc1. The second-order valence-corrected chi connectivity index (χ2v) is 5.93. The van der Waals surface area contributed by atoms with Crippen molar-refractivity contribution >= 4 is 5.65 Å². The molecule has 0 fully saturated rings. The minimum Gasteiger partial charge on any atom is -0.497 e. The first-order chi connectivity index (χ1) is 12.0. The van der Waals surface area contributed by atoms with Crippen molar-refractivity contribution in [3.05, 3.63) is 58.1 Å². The van der Waals surface area contributed by atoms with E-state index < -0.39 is 6.10 Å². The van der Waals surface area contributed by atoms with Crippen LogP contribution in [0.15, 0.2) is 41.2 Å². The molecule has 2 heterocycles. The van der Waals surface area contributed by atoms with Crippen LogP contribution in [-0.2, 0) is 6.54 Å². The van der Waals surface area contributed by atoms with E-state index in [0.29, 0.717) is 17.9 Å². The van der Waals surface area contributed by atoms with Crippen molar-refractivity contribution in [2.75, 3.05) is 13.7 Å². The third kappa shape index (κ3) is 3.66.